The summed E-state index contributed by atoms with van der Waals surface area (Å²) in [5.74, 6) is -0.130. The molecule has 0 saturated carbocycles. The third-order valence-corrected chi connectivity index (χ3v) is 3.06. The van der Waals surface area contributed by atoms with Gasteiger partial charge in [-0.3, -0.25) is 0 Å². The summed E-state index contributed by atoms with van der Waals surface area (Å²) in [5.41, 5.74) is 1.15. The van der Waals surface area contributed by atoms with E-state index in [-0.39, 0.29) is 5.75 Å². The van der Waals surface area contributed by atoms with E-state index in [1.807, 2.05) is 12.1 Å². The van der Waals surface area contributed by atoms with Crippen LogP contribution in [0.1, 0.15) is 0 Å². The van der Waals surface area contributed by atoms with Crippen molar-refractivity contribution in [2.75, 3.05) is 0 Å². The maximum absolute atomic E-state index is 12.3. The lowest BCUT2D eigenvalue weighted by molar-refractivity contribution is 0.440. The molecule has 2 aromatic rings. The van der Waals surface area contributed by atoms with E-state index in [1.165, 1.54) is 24.3 Å². The fraction of sp³-hybridized carbons (Fsp3) is 0. The van der Waals surface area contributed by atoms with Gasteiger partial charge in [0.05, 0.1) is 11.4 Å². The topological polar surface area (TPSA) is 68.1 Å². The first-order valence-corrected chi connectivity index (χ1v) is 7.44. The van der Waals surface area contributed by atoms with E-state index < -0.39 is 10.5 Å². The van der Waals surface area contributed by atoms with Crippen LogP contribution in [0.2, 0.25) is 0 Å². The van der Waals surface area contributed by atoms with Gasteiger partial charge in [-0.25, -0.2) is 0 Å². The van der Waals surface area contributed by atoms with Crippen molar-refractivity contribution in [3.05, 3.63) is 53.0 Å². The molecule has 0 spiro atoms. The predicted molar refractivity (Wildman–Crippen MR) is 75.4 cm³/mol. The number of hydrogen-bond acceptors (Lipinski definition) is 5. The molecule has 0 aliphatic heterocycles. The molecular formula is C12H8BrFN2O3S. The molecule has 20 heavy (non-hydrogen) atoms. The lowest BCUT2D eigenvalue weighted by Gasteiger charge is -1.99. The average molecular weight is 359 g/mol. The van der Waals surface area contributed by atoms with Gasteiger partial charge in [0, 0.05) is 4.47 Å². The second kappa shape index (κ2) is 6.10. The summed E-state index contributed by atoms with van der Waals surface area (Å²) >= 11 is 3.31. The molecule has 104 valence electrons. The zero-order chi connectivity index (χ0) is 14.6. The van der Waals surface area contributed by atoms with Crippen molar-refractivity contribution < 1.29 is 16.5 Å². The van der Waals surface area contributed by atoms with Crippen molar-refractivity contribution in [1.29, 1.82) is 0 Å². The first-order valence-electron chi connectivity index (χ1n) is 5.34. The third-order valence-electron chi connectivity index (χ3n) is 2.14. The Labute approximate surface area is 123 Å². The summed E-state index contributed by atoms with van der Waals surface area (Å²) < 4.78 is 37.9. The Morgan fingerprint density at radius 1 is 0.900 bits per heavy atom. The van der Waals surface area contributed by atoms with Gasteiger partial charge in [0.1, 0.15) is 5.75 Å². The Bertz CT molecular complexity index is 715. The van der Waals surface area contributed by atoms with Gasteiger partial charge >= 0.3 is 10.5 Å². The van der Waals surface area contributed by atoms with Crippen molar-refractivity contribution in [1.82, 2.24) is 0 Å². The van der Waals surface area contributed by atoms with E-state index in [0.29, 0.717) is 11.4 Å². The smallest absolute Gasteiger partial charge is 0.358 e. The number of azo groups is 1. The molecular weight excluding hydrogens is 351 g/mol. The van der Waals surface area contributed by atoms with Crippen LogP contribution in [0.3, 0.4) is 0 Å². The van der Waals surface area contributed by atoms with Crippen LogP contribution in [0.25, 0.3) is 0 Å². The van der Waals surface area contributed by atoms with E-state index in [4.69, 9.17) is 0 Å². The maximum Gasteiger partial charge on any atom is 0.488 e. The molecule has 0 aliphatic carbocycles. The molecule has 0 heterocycles. The Balaban J connectivity index is 2.09. The van der Waals surface area contributed by atoms with E-state index in [1.54, 1.807) is 12.1 Å². The van der Waals surface area contributed by atoms with Gasteiger partial charge in [-0.2, -0.15) is 18.6 Å². The molecule has 0 amide bonds. The zero-order valence-corrected chi connectivity index (χ0v) is 12.3. The van der Waals surface area contributed by atoms with E-state index in [9.17, 15) is 12.3 Å². The first kappa shape index (κ1) is 14.6. The summed E-state index contributed by atoms with van der Waals surface area (Å²) in [6, 6.07) is 12.7. The largest absolute Gasteiger partial charge is 0.488 e. The zero-order valence-electron chi connectivity index (χ0n) is 9.90. The highest BCUT2D eigenvalue weighted by molar-refractivity contribution is 9.10. The first-order chi connectivity index (χ1) is 9.42. The minimum Gasteiger partial charge on any atom is -0.358 e. The predicted octanol–water partition coefficient (Wildman–Crippen LogP) is 4.46. The Morgan fingerprint density at radius 2 is 1.35 bits per heavy atom. The van der Waals surface area contributed by atoms with Crippen LogP contribution in [-0.4, -0.2) is 8.42 Å². The highest BCUT2D eigenvalue weighted by Gasteiger charge is 2.08. The second-order valence-electron chi connectivity index (χ2n) is 3.65. The summed E-state index contributed by atoms with van der Waals surface area (Å²) in [6.45, 7) is 0. The normalized spacial score (nSPS) is 11.7. The summed E-state index contributed by atoms with van der Waals surface area (Å²) in [7, 11) is -5.01. The van der Waals surface area contributed by atoms with Gasteiger partial charge in [0.2, 0.25) is 0 Å². The van der Waals surface area contributed by atoms with Gasteiger partial charge < -0.3 is 4.18 Å². The minimum absolute atomic E-state index is 0.130. The Morgan fingerprint density at radius 3 is 1.80 bits per heavy atom. The molecule has 8 heteroatoms. The van der Waals surface area contributed by atoms with Gasteiger partial charge in [-0.05, 0) is 48.5 Å². The highest BCUT2D eigenvalue weighted by atomic mass is 79.9. The maximum atomic E-state index is 12.3. The van der Waals surface area contributed by atoms with Crippen LogP contribution in [0.5, 0.6) is 5.75 Å². The standard InChI is InChI=1S/C12H8BrFN2O3S/c13-9-1-3-10(4-2-9)15-16-11-5-7-12(8-6-11)19-20(14,17)18/h1-8H. The molecule has 0 N–H and O–H groups in total. The molecule has 0 aliphatic rings. The van der Waals surface area contributed by atoms with Crippen LogP contribution < -0.4 is 4.18 Å². The van der Waals surface area contributed by atoms with Crippen molar-refractivity contribution in [3.63, 3.8) is 0 Å². The number of rotatable bonds is 4. The molecule has 0 aromatic heterocycles. The number of benzene rings is 2. The highest BCUT2D eigenvalue weighted by Crippen LogP contribution is 2.23. The molecule has 0 bridgehead atoms. The number of nitrogens with zero attached hydrogens (tertiary/aromatic N) is 2. The summed E-state index contributed by atoms with van der Waals surface area (Å²) in [4.78, 5) is 0. The van der Waals surface area contributed by atoms with Crippen LogP contribution in [0.4, 0.5) is 15.3 Å². The summed E-state index contributed by atoms with van der Waals surface area (Å²) in [6.07, 6.45) is 0. The molecule has 0 radical (unpaired) electrons. The third kappa shape index (κ3) is 4.71. The lowest BCUT2D eigenvalue weighted by atomic mass is 10.3. The molecule has 0 unspecified atom stereocenters. The average Bonchev–Trinajstić information content (AvgIpc) is 2.38. The van der Waals surface area contributed by atoms with Crippen molar-refractivity contribution in [3.8, 4) is 5.75 Å². The quantitative estimate of drug-likeness (QED) is 0.598. The van der Waals surface area contributed by atoms with Crippen molar-refractivity contribution >= 4 is 37.8 Å². The molecule has 0 atom stereocenters. The van der Waals surface area contributed by atoms with Crippen molar-refractivity contribution in [2.45, 2.75) is 0 Å². The molecule has 0 fully saturated rings. The van der Waals surface area contributed by atoms with E-state index in [2.05, 4.69) is 30.3 Å². The van der Waals surface area contributed by atoms with Crippen LogP contribution >= 0.6 is 15.9 Å². The number of halogens is 2. The van der Waals surface area contributed by atoms with E-state index >= 15 is 0 Å². The number of hydrogen-bond donors (Lipinski definition) is 0. The van der Waals surface area contributed by atoms with Gasteiger partial charge in [0.15, 0.2) is 0 Å². The molecule has 5 nitrogen and oxygen atoms in total. The van der Waals surface area contributed by atoms with Gasteiger partial charge in [0.25, 0.3) is 0 Å². The fourth-order valence-electron chi connectivity index (χ4n) is 1.31. The van der Waals surface area contributed by atoms with Gasteiger partial charge in [-0.15, -0.1) is 0 Å². The Kier molecular flexibility index (Phi) is 4.46. The summed E-state index contributed by atoms with van der Waals surface area (Å²) in [5, 5.41) is 7.95. The van der Waals surface area contributed by atoms with Crippen LogP contribution in [-0.2, 0) is 10.5 Å². The minimum atomic E-state index is -5.01. The molecule has 2 rings (SSSR count). The molecule has 2 aromatic carbocycles. The van der Waals surface area contributed by atoms with Crippen LogP contribution in [0, 0.1) is 0 Å². The molecule has 0 saturated heterocycles. The second-order valence-corrected chi connectivity index (χ2v) is 5.52. The van der Waals surface area contributed by atoms with Crippen LogP contribution in [0.15, 0.2) is 63.2 Å². The monoisotopic (exact) mass is 358 g/mol. The SMILES string of the molecule is O=S(=O)(F)Oc1ccc(N=Nc2ccc(Br)cc2)cc1. The van der Waals surface area contributed by atoms with Gasteiger partial charge in [-0.1, -0.05) is 19.8 Å². The van der Waals surface area contributed by atoms with Crippen molar-refractivity contribution in [2.24, 2.45) is 10.2 Å². The van der Waals surface area contributed by atoms with E-state index in [0.717, 1.165) is 4.47 Å². The fourth-order valence-corrected chi connectivity index (χ4v) is 1.91. The Hall–Kier alpha value is -1.80. The lowest BCUT2D eigenvalue weighted by Crippen LogP contribution is -2.00.